The van der Waals surface area contributed by atoms with Gasteiger partial charge in [-0.1, -0.05) is 17.7 Å². The molecule has 0 bridgehead atoms. The van der Waals surface area contributed by atoms with Gasteiger partial charge in [0.15, 0.2) is 0 Å². The maximum atomic E-state index is 12.1. The first-order valence-electron chi connectivity index (χ1n) is 3.01. The molecule has 0 spiro atoms. The fourth-order valence-corrected chi connectivity index (χ4v) is 0.533. The highest BCUT2D eigenvalue weighted by atomic mass is 19.1. The lowest BCUT2D eigenvalue weighted by atomic mass is 10.2. The normalized spacial score (nSPS) is 7.80. The number of rotatable bonds is 0. The molecule has 10 heavy (non-hydrogen) atoms. The maximum absolute atomic E-state index is 12.1. The fraction of sp³-hybridized carbons (Fsp3) is 0.111. The Hall–Kier alpha value is -1.11. The van der Waals surface area contributed by atoms with Gasteiger partial charge in [0.2, 0.25) is 0 Å². The van der Waals surface area contributed by atoms with Gasteiger partial charge in [0, 0.05) is 0 Å². The Morgan fingerprint density at radius 3 is 1.80 bits per heavy atom. The SMILES string of the molecule is C=C.Cc1ccc(F)cc1. The molecule has 0 nitrogen and oxygen atoms in total. The third-order valence-electron chi connectivity index (χ3n) is 1.01. The third kappa shape index (κ3) is 3.02. The third-order valence-corrected chi connectivity index (χ3v) is 1.01. The minimum absolute atomic E-state index is 0.171. The fourth-order valence-electron chi connectivity index (χ4n) is 0.533. The van der Waals surface area contributed by atoms with Crippen molar-refractivity contribution in [3.05, 3.63) is 48.8 Å². The minimum atomic E-state index is -0.171. The molecule has 0 fully saturated rings. The van der Waals surface area contributed by atoms with Crippen LogP contribution in [0.4, 0.5) is 4.39 Å². The van der Waals surface area contributed by atoms with Crippen molar-refractivity contribution in [2.24, 2.45) is 0 Å². The molecule has 0 aliphatic heterocycles. The molecule has 0 saturated heterocycles. The average molecular weight is 138 g/mol. The molecule has 0 aromatic heterocycles. The van der Waals surface area contributed by atoms with Crippen LogP contribution in [0.2, 0.25) is 0 Å². The second kappa shape index (κ2) is 4.74. The molecule has 1 heteroatoms. The first-order valence-corrected chi connectivity index (χ1v) is 3.01. The number of halogens is 1. The number of benzene rings is 1. The van der Waals surface area contributed by atoms with Crippen molar-refractivity contribution in [1.82, 2.24) is 0 Å². The first-order chi connectivity index (χ1) is 4.79. The number of hydrogen-bond acceptors (Lipinski definition) is 0. The molecule has 1 aromatic carbocycles. The van der Waals surface area contributed by atoms with Crippen molar-refractivity contribution < 1.29 is 4.39 Å². The van der Waals surface area contributed by atoms with E-state index in [1.165, 1.54) is 12.1 Å². The monoisotopic (exact) mass is 138 g/mol. The molecular weight excluding hydrogens is 127 g/mol. The van der Waals surface area contributed by atoms with Crippen LogP contribution in [0.5, 0.6) is 0 Å². The summed E-state index contributed by atoms with van der Waals surface area (Å²) < 4.78 is 12.1. The van der Waals surface area contributed by atoms with Gasteiger partial charge in [-0.15, -0.1) is 13.2 Å². The summed E-state index contributed by atoms with van der Waals surface area (Å²) in [6.45, 7) is 7.93. The molecular formula is C9H11F. The van der Waals surface area contributed by atoms with Gasteiger partial charge < -0.3 is 0 Å². The lowest BCUT2D eigenvalue weighted by Gasteiger charge is -1.87. The highest BCUT2D eigenvalue weighted by Crippen LogP contribution is 1.98. The van der Waals surface area contributed by atoms with Crippen LogP contribution in [0.1, 0.15) is 5.56 Å². The second-order valence-corrected chi connectivity index (χ2v) is 1.80. The van der Waals surface area contributed by atoms with E-state index in [4.69, 9.17) is 0 Å². The second-order valence-electron chi connectivity index (χ2n) is 1.80. The van der Waals surface area contributed by atoms with Gasteiger partial charge in [0.1, 0.15) is 5.82 Å². The summed E-state index contributed by atoms with van der Waals surface area (Å²) in [5.41, 5.74) is 1.09. The Morgan fingerprint density at radius 2 is 1.50 bits per heavy atom. The van der Waals surface area contributed by atoms with Gasteiger partial charge in [0.05, 0.1) is 0 Å². The Balaban J connectivity index is 0.000000371. The Labute approximate surface area is 61.0 Å². The standard InChI is InChI=1S/C7H7F.C2H4/c1-6-2-4-7(8)5-3-6;1-2/h2-5H,1H3;1-2H2. The molecule has 0 unspecified atom stereocenters. The zero-order chi connectivity index (χ0) is 7.98. The molecule has 0 aliphatic rings. The van der Waals surface area contributed by atoms with Crippen molar-refractivity contribution in [3.63, 3.8) is 0 Å². The van der Waals surface area contributed by atoms with E-state index in [9.17, 15) is 4.39 Å². The van der Waals surface area contributed by atoms with Gasteiger partial charge >= 0.3 is 0 Å². The molecule has 0 amide bonds. The smallest absolute Gasteiger partial charge is 0.123 e. The van der Waals surface area contributed by atoms with E-state index in [0.717, 1.165) is 5.56 Å². The summed E-state index contributed by atoms with van der Waals surface area (Å²) >= 11 is 0. The Kier molecular flexibility index (Phi) is 4.21. The van der Waals surface area contributed by atoms with E-state index >= 15 is 0 Å². The summed E-state index contributed by atoms with van der Waals surface area (Å²) in [7, 11) is 0. The van der Waals surface area contributed by atoms with Crippen LogP contribution >= 0.6 is 0 Å². The number of hydrogen-bond donors (Lipinski definition) is 0. The molecule has 0 radical (unpaired) electrons. The summed E-state index contributed by atoms with van der Waals surface area (Å²) in [6.07, 6.45) is 0. The molecule has 0 atom stereocenters. The van der Waals surface area contributed by atoms with Gasteiger partial charge in [-0.2, -0.15) is 0 Å². The average Bonchev–Trinajstić information content (AvgIpc) is 2.00. The van der Waals surface area contributed by atoms with Crippen LogP contribution in [0.25, 0.3) is 0 Å². The molecule has 1 aromatic rings. The van der Waals surface area contributed by atoms with E-state index in [1.807, 2.05) is 6.92 Å². The highest BCUT2D eigenvalue weighted by molar-refractivity contribution is 5.13. The molecule has 0 N–H and O–H groups in total. The van der Waals surface area contributed by atoms with E-state index in [-0.39, 0.29) is 5.82 Å². The van der Waals surface area contributed by atoms with Gasteiger partial charge in [-0.25, -0.2) is 4.39 Å². The molecule has 0 saturated carbocycles. The first kappa shape index (κ1) is 8.89. The molecule has 0 aliphatic carbocycles. The summed E-state index contributed by atoms with van der Waals surface area (Å²) in [5, 5.41) is 0. The van der Waals surface area contributed by atoms with Crippen LogP contribution in [0, 0.1) is 12.7 Å². The minimum Gasteiger partial charge on any atom is -0.207 e. The van der Waals surface area contributed by atoms with Gasteiger partial charge in [-0.05, 0) is 19.1 Å². The van der Waals surface area contributed by atoms with Crippen LogP contribution in [0.3, 0.4) is 0 Å². The predicted molar refractivity (Wildman–Crippen MR) is 42.4 cm³/mol. The van der Waals surface area contributed by atoms with Crippen LogP contribution in [-0.4, -0.2) is 0 Å². The lowest BCUT2D eigenvalue weighted by molar-refractivity contribution is 0.627. The van der Waals surface area contributed by atoms with Crippen LogP contribution in [-0.2, 0) is 0 Å². The summed E-state index contributed by atoms with van der Waals surface area (Å²) in [4.78, 5) is 0. The van der Waals surface area contributed by atoms with Crippen LogP contribution < -0.4 is 0 Å². The summed E-state index contributed by atoms with van der Waals surface area (Å²) in [5.74, 6) is -0.171. The lowest BCUT2D eigenvalue weighted by Crippen LogP contribution is -1.71. The van der Waals surface area contributed by atoms with Crippen molar-refractivity contribution in [2.45, 2.75) is 6.92 Å². The highest BCUT2D eigenvalue weighted by Gasteiger charge is 1.83. The van der Waals surface area contributed by atoms with E-state index in [2.05, 4.69) is 13.2 Å². The number of aryl methyl sites for hydroxylation is 1. The zero-order valence-corrected chi connectivity index (χ0v) is 6.10. The van der Waals surface area contributed by atoms with E-state index in [0.29, 0.717) is 0 Å². The predicted octanol–water partition coefficient (Wildman–Crippen LogP) is 2.94. The van der Waals surface area contributed by atoms with Crippen molar-refractivity contribution in [1.29, 1.82) is 0 Å². The molecule has 54 valence electrons. The Morgan fingerprint density at radius 1 is 1.10 bits per heavy atom. The van der Waals surface area contributed by atoms with E-state index < -0.39 is 0 Å². The van der Waals surface area contributed by atoms with E-state index in [1.54, 1.807) is 12.1 Å². The maximum Gasteiger partial charge on any atom is 0.123 e. The van der Waals surface area contributed by atoms with Crippen molar-refractivity contribution in [2.75, 3.05) is 0 Å². The quantitative estimate of drug-likeness (QED) is 0.483. The molecule has 1 rings (SSSR count). The van der Waals surface area contributed by atoms with Crippen molar-refractivity contribution >= 4 is 0 Å². The largest absolute Gasteiger partial charge is 0.207 e. The summed E-state index contributed by atoms with van der Waals surface area (Å²) in [6, 6.07) is 6.40. The topological polar surface area (TPSA) is 0 Å². The van der Waals surface area contributed by atoms with Gasteiger partial charge in [0.25, 0.3) is 0 Å². The zero-order valence-electron chi connectivity index (χ0n) is 6.10. The van der Waals surface area contributed by atoms with Crippen LogP contribution in [0.15, 0.2) is 37.4 Å². The Bertz CT molecular complexity index is 155. The van der Waals surface area contributed by atoms with Gasteiger partial charge in [-0.3, -0.25) is 0 Å². The molecule has 0 heterocycles. The van der Waals surface area contributed by atoms with Crippen molar-refractivity contribution in [3.8, 4) is 0 Å².